The smallest absolute Gasteiger partial charge is 0.333 e. The van der Waals surface area contributed by atoms with E-state index in [-0.39, 0.29) is 13.2 Å². The van der Waals surface area contributed by atoms with Crippen LogP contribution in [0.4, 0.5) is 0 Å². The molecule has 0 aliphatic heterocycles. The van der Waals surface area contributed by atoms with Gasteiger partial charge in [-0.25, -0.2) is 9.59 Å². The SMILES string of the molecule is C=C(C)C(=O)OCCCOC(=O)/C=C/c1ccc(C)cc1C. The minimum Gasteiger partial charge on any atom is -0.462 e. The average molecular weight is 302 g/mol. The van der Waals surface area contributed by atoms with Gasteiger partial charge in [-0.05, 0) is 38.0 Å². The third-order valence-electron chi connectivity index (χ3n) is 2.94. The Morgan fingerprint density at radius 3 is 2.50 bits per heavy atom. The molecule has 0 saturated carbocycles. The molecule has 0 aromatic heterocycles. The highest BCUT2D eigenvalue weighted by molar-refractivity contribution is 5.87. The number of benzene rings is 1. The molecule has 1 rings (SSSR count). The predicted molar refractivity (Wildman–Crippen MR) is 86.3 cm³/mol. The van der Waals surface area contributed by atoms with Crippen LogP contribution in [0.1, 0.15) is 30.0 Å². The number of hydrogen-bond acceptors (Lipinski definition) is 4. The number of esters is 2. The quantitative estimate of drug-likeness (QED) is 0.440. The summed E-state index contributed by atoms with van der Waals surface area (Å²) in [6.07, 6.45) is 3.60. The largest absolute Gasteiger partial charge is 0.462 e. The highest BCUT2D eigenvalue weighted by atomic mass is 16.5. The maximum absolute atomic E-state index is 11.6. The maximum atomic E-state index is 11.6. The van der Waals surface area contributed by atoms with E-state index >= 15 is 0 Å². The third kappa shape index (κ3) is 6.39. The summed E-state index contributed by atoms with van der Waals surface area (Å²) in [7, 11) is 0. The van der Waals surface area contributed by atoms with Gasteiger partial charge >= 0.3 is 11.9 Å². The van der Waals surface area contributed by atoms with Crippen molar-refractivity contribution in [2.24, 2.45) is 0 Å². The zero-order valence-corrected chi connectivity index (χ0v) is 13.3. The Morgan fingerprint density at radius 1 is 1.18 bits per heavy atom. The molecule has 4 nitrogen and oxygen atoms in total. The monoisotopic (exact) mass is 302 g/mol. The van der Waals surface area contributed by atoms with Crippen molar-refractivity contribution in [2.45, 2.75) is 27.2 Å². The van der Waals surface area contributed by atoms with Gasteiger partial charge in [-0.15, -0.1) is 0 Å². The first-order valence-electron chi connectivity index (χ1n) is 7.15. The summed E-state index contributed by atoms with van der Waals surface area (Å²) in [5.74, 6) is -0.840. The zero-order valence-electron chi connectivity index (χ0n) is 13.3. The Hall–Kier alpha value is -2.36. The van der Waals surface area contributed by atoms with Gasteiger partial charge in [0.05, 0.1) is 13.2 Å². The average Bonchev–Trinajstić information content (AvgIpc) is 2.45. The second-order valence-electron chi connectivity index (χ2n) is 5.13. The molecule has 0 saturated heterocycles. The van der Waals surface area contributed by atoms with Crippen molar-refractivity contribution in [3.63, 3.8) is 0 Å². The molecule has 1 aromatic carbocycles. The van der Waals surface area contributed by atoms with Crippen LogP contribution in [0.2, 0.25) is 0 Å². The Morgan fingerprint density at radius 2 is 1.86 bits per heavy atom. The van der Waals surface area contributed by atoms with E-state index in [0.717, 1.165) is 11.1 Å². The molecule has 22 heavy (non-hydrogen) atoms. The highest BCUT2D eigenvalue weighted by Gasteiger charge is 2.03. The molecule has 0 heterocycles. The van der Waals surface area contributed by atoms with Crippen LogP contribution in [0.3, 0.4) is 0 Å². The first-order valence-corrected chi connectivity index (χ1v) is 7.15. The van der Waals surface area contributed by atoms with Crippen molar-refractivity contribution in [1.82, 2.24) is 0 Å². The second kappa shape index (κ2) is 8.82. The molecule has 0 bridgehead atoms. The lowest BCUT2D eigenvalue weighted by Gasteiger charge is -2.05. The van der Waals surface area contributed by atoms with E-state index in [1.165, 1.54) is 11.6 Å². The van der Waals surface area contributed by atoms with Crippen LogP contribution >= 0.6 is 0 Å². The van der Waals surface area contributed by atoms with Crippen LogP contribution in [0.5, 0.6) is 0 Å². The standard InChI is InChI=1S/C18H22O4/c1-13(2)18(20)22-11-5-10-21-17(19)9-8-16-7-6-14(3)12-15(16)4/h6-9,12H,1,5,10-11H2,2-4H3/b9-8+. The Labute approximate surface area is 131 Å². The molecule has 0 aliphatic carbocycles. The lowest BCUT2D eigenvalue weighted by Crippen LogP contribution is -2.09. The fourth-order valence-corrected chi connectivity index (χ4v) is 1.74. The Bertz CT molecular complexity index is 585. The van der Waals surface area contributed by atoms with Gasteiger partial charge in [-0.2, -0.15) is 0 Å². The molecule has 0 aliphatic rings. The van der Waals surface area contributed by atoms with E-state index in [4.69, 9.17) is 9.47 Å². The molecule has 118 valence electrons. The summed E-state index contributed by atoms with van der Waals surface area (Å²) >= 11 is 0. The number of hydrogen-bond donors (Lipinski definition) is 0. The zero-order chi connectivity index (χ0) is 16.5. The molecule has 0 radical (unpaired) electrons. The lowest BCUT2D eigenvalue weighted by atomic mass is 10.1. The number of carbonyl (C=O) groups is 2. The van der Waals surface area contributed by atoms with Crippen LogP contribution in [0.15, 0.2) is 36.4 Å². The molecular formula is C18H22O4. The molecule has 0 amide bonds. The summed E-state index contributed by atoms with van der Waals surface area (Å²) in [6, 6.07) is 6.01. The van der Waals surface area contributed by atoms with Crippen molar-refractivity contribution in [2.75, 3.05) is 13.2 Å². The molecule has 0 atom stereocenters. The normalized spacial score (nSPS) is 10.5. The number of aryl methyl sites for hydroxylation is 2. The molecular weight excluding hydrogens is 280 g/mol. The van der Waals surface area contributed by atoms with E-state index in [9.17, 15) is 9.59 Å². The first-order chi connectivity index (χ1) is 10.4. The minimum absolute atomic E-state index is 0.208. The third-order valence-corrected chi connectivity index (χ3v) is 2.94. The second-order valence-corrected chi connectivity index (χ2v) is 5.13. The number of ether oxygens (including phenoxy) is 2. The number of rotatable bonds is 7. The highest BCUT2D eigenvalue weighted by Crippen LogP contribution is 2.12. The van der Waals surface area contributed by atoms with Gasteiger partial charge in [-0.3, -0.25) is 0 Å². The van der Waals surface area contributed by atoms with Gasteiger partial charge in [0.1, 0.15) is 0 Å². The van der Waals surface area contributed by atoms with E-state index < -0.39 is 11.9 Å². The molecule has 0 spiro atoms. The summed E-state index contributed by atoms with van der Waals surface area (Å²) in [5, 5.41) is 0. The van der Waals surface area contributed by atoms with Crippen LogP contribution < -0.4 is 0 Å². The van der Waals surface area contributed by atoms with Gasteiger partial charge < -0.3 is 9.47 Å². The van der Waals surface area contributed by atoms with Crippen LogP contribution in [-0.2, 0) is 19.1 Å². The molecule has 1 aromatic rings. The Kier molecular flexibility index (Phi) is 7.09. The molecule has 4 heteroatoms. The van der Waals surface area contributed by atoms with E-state index in [1.807, 2.05) is 26.0 Å². The fraction of sp³-hybridized carbons (Fsp3) is 0.333. The first kappa shape index (κ1) is 17.7. The fourth-order valence-electron chi connectivity index (χ4n) is 1.74. The maximum Gasteiger partial charge on any atom is 0.333 e. The summed E-state index contributed by atoms with van der Waals surface area (Å²) in [6.45, 7) is 9.50. The van der Waals surface area contributed by atoms with Crippen LogP contribution in [0, 0.1) is 13.8 Å². The summed E-state index contributed by atoms with van der Waals surface area (Å²) < 4.78 is 9.92. The van der Waals surface area contributed by atoms with E-state index in [1.54, 1.807) is 13.0 Å². The van der Waals surface area contributed by atoms with Crippen molar-refractivity contribution < 1.29 is 19.1 Å². The summed E-state index contributed by atoms with van der Waals surface area (Å²) in [5.41, 5.74) is 3.63. The molecule has 0 N–H and O–H groups in total. The van der Waals surface area contributed by atoms with Crippen molar-refractivity contribution in [3.05, 3.63) is 53.1 Å². The number of carbonyl (C=O) groups excluding carboxylic acids is 2. The lowest BCUT2D eigenvalue weighted by molar-refractivity contribution is -0.140. The van der Waals surface area contributed by atoms with Gasteiger partial charge in [0.15, 0.2) is 0 Å². The van der Waals surface area contributed by atoms with Crippen molar-refractivity contribution >= 4 is 18.0 Å². The van der Waals surface area contributed by atoms with E-state index in [0.29, 0.717) is 12.0 Å². The van der Waals surface area contributed by atoms with Crippen LogP contribution in [-0.4, -0.2) is 25.2 Å². The predicted octanol–water partition coefficient (Wildman–Crippen LogP) is 3.37. The topological polar surface area (TPSA) is 52.6 Å². The Balaban J connectivity index is 2.30. The summed E-state index contributed by atoms with van der Waals surface area (Å²) in [4.78, 5) is 22.7. The van der Waals surface area contributed by atoms with Gasteiger partial charge in [0.25, 0.3) is 0 Å². The van der Waals surface area contributed by atoms with Gasteiger partial charge in [-0.1, -0.05) is 30.3 Å². The minimum atomic E-state index is -0.430. The molecule has 0 fully saturated rings. The van der Waals surface area contributed by atoms with Crippen LogP contribution in [0.25, 0.3) is 6.08 Å². The van der Waals surface area contributed by atoms with Gasteiger partial charge in [0.2, 0.25) is 0 Å². The van der Waals surface area contributed by atoms with Crippen molar-refractivity contribution in [3.8, 4) is 0 Å². The molecule has 0 unspecified atom stereocenters. The van der Waals surface area contributed by atoms with Gasteiger partial charge in [0, 0.05) is 18.1 Å². The van der Waals surface area contributed by atoms with Crippen molar-refractivity contribution in [1.29, 1.82) is 0 Å². The van der Waals surface area contributed by atoms with E-state index in [2.05, 4.69) is 12.6 Å².